The summed E-state index contributed by atoms with van der Waals surface area (Å²) in [7, 11) is 0. The van der Waals surface area contributed by atoms with Crippen molar-refractivity contribution in [1.29, 1.82) is 0 Å². The summed E-state index contributed by atoms with van der Waals surface area (Å²) >= 11 is 3.52. The third-order valence-electron chi connectivity index (χ3n) is 3.55. The summed E-state index contributed by atoms with van der Waals surface area (Å²) in [4.78, 5) is 7.14. The maximum absolute atomic E-state index is 4.70. The highest BCUT2D eigenvalue weighted by Crippen LogP contribution is 2.26. The molecule has 1 aromatic rings. The number of pyridine rings is 1. The molecule has 4 heteroatoms. The Morgan fingerprint density at radius 1 is 1.42 bits per heavy atom. The van der Waals surface area contributed by atoms with E-state index < -0.39 is 0 Å². The highest BCUT2D eigenvalue weighted by atomic mass is 79.9. The van der Waals surface area contributed by atoms with Gasteiger partial charge in [-0.3, -0.25) is 0 Å². The van der Waals surface area contributed by atoms with Gasteiger partial charge in [0, 0.05) is 29.1 Å². The zero-order chi connectivity index (χ0) is 14.0. The molecule has 1 unspecified atom stereocenters. The predicted octanol–water partition coefficient (Wildman–Crippen LogP) is 3.51. The van der Waals surface area contributed by atoms with Gasteiger partial charge < -0.3 is 10.2 Å². The highest BCUT2D eigenvalue weighted by Gasteiger charge is 2.26. The molecule has 0 radical (unpaired) electrons. The number of aryl methyl sites for hydroxylation is 1. The smallest absolute Gasteiger partial charge is 0.129 e. The molecule has 0 amide bonds. The highest BCUT2D eigenvalue weighted by molar-refractivity contribution is 9.10. The Kier molecular flexibility index (Phi) is 4.51. The van der Waals surface area contributed by atoms with Gasteiger partial charge in [-0.15, -0.1) is 0 Å². The van der Waals surface area contributed by atoms with Gasteiger partial charge in [-0.25, -0.2) is 4.98 Å². The average molecular weight is 326 g/mol. The van der Waals surface area contributed by atoms with E-state index in [1.807, 2.05) is 6.92 Å². The summed E-state index contributed by atoms with van der Waals surface area (Å²) in [6.45, 7) is 10.8. The molecule has 106 valence electrons. The number of hydrogen-bond acceptors (Lipinski definition) is 3. The predicted molar refractivity (Wildman–Crippen MR) is 84.8 cm³/mol. The van der Waals surface area contributed by atoms with Gasteiger partial charge in [0.15, 0.2) is 0 Å². The average Bonchev–Trinajstić information content (AvgIpc) is 2.77. The van der Waals surface area contributed by atoms with Crippen molar-refractivity contribution in [3.63, 3.8) is 0 Å². The van der Waals surface area contributed by atoms with E-state index in [1.165, 1.54) is 12.8 Å². The summed E-state index contributed by atoms with van der Waals surface area (Å²) in [6.07, 6.45) is 2.51. The number of hydrogen-bond donors (Lipinski definition) is 1. The van der Waals surface area contributed by atoms with E-state index in [0.717, 1.165) is 29.1 Å². The van der Waals surface area contributed by atoms with Crippen molar-refractivity contribution in [1.82, 2.24) is 10.3 Å². The van der Waals surface area contributed by atoms with Gasteiger partial charge in [-0.05, 0) is 68.6 Å². The van der Waals surface area contributed by atoms with Crippen LogP contribution in [0.25, 0.3) is 0 Å². The maximum atomic E-state index is 4.70. The fraction of sp³-hybridized carbons (Fsp3) is 0.667. The van der Waals surface area contributed by atoms with Crippen LogP contribution in [0.5, 0.6) is 0 Å². The van der Waals surface area contributed by atoms with Crippen molar-refractivity contribution >= 4 is 21.7 Å². The summed E-state index contributed by atoms with van der Waals surface area (Å²) in [5.74, 6) is 1.11. The number of nitrogens with one attached hydrogen (secondary N) is 1. The molecule has 1 aliphatic rings. The molecule has 0 bridgehead atoms. The van der Waals surface area contributed by atoms with Crippen molar-refractivity contribution in [3.05, 3.63) is 22.3 Å². The first-order valence-electron chi connectivity index (χ1n) is 7.01. The number of nitrogens with zero attached hydrogens (tertiary/aromatic N) is 2. The number of rotatable bonds is 3. The molecular weight excluding hydrogens is 302 g/mol. The van der Waals surface area contributed by atoms with Crippen molar-refractivity contribution in [2.24, 2.45) is 0 Å². The standard InChI is InChI=1S/C15H24BrN3/c1-11-13(16)7-8-14(18-11)19-9-5-6-12(19)10-17-15(2,3)4/h7-8,12,17H,5-6,9-10H2,1-4H3. The largest absolute Gasteiger partial charge is 0.352 e. The Balaban J connectivity index is 2.07. The van der Waals surface area contributed by atoms with E-state index >= 15 is 0 Å². The lowest BCUT2D eigenvalue weighted by atomic mass is 10.1. The first-order valence-corrected chi connectivity index (χ1v) is 7.81. The SMILES string of the molecule is Cc1nc(N2CCCC2CNC(C)(C)C)ccc1Br. The van der Waals surface area contributed by atoms with E-state index in [2.05, 4.69) is 59.1 Å². The number of halogens is 1. The van der Waals surface area contributed by atoms with Gasteiger partial charge in [0.1, 0.15) is 5.82 Å². The van der Waals surface area contributed by atoms with Crippen LogP contribution in [0.15, 0.2) is 16.6 Å². The Bertz CT molecular complexity index is 440. The molecule has 2 rings (SSSR count). The minimum atomic E-state index is 0.178. The first kappa shape index (κ1) is 14.8. The molecule has 0 saturated carbocycles. The lowest BCUT2D eigenvalue weighted by Crippen LogP contribution is -2.45. The minimum absolute atomic E-state index is 0.178. The molecule has 3 nitrogen and oxygen atoms in total. The van der Waals surface area contributed by atoms with E-state index in [4.69, 9.17) is 4.98 Å². The molecule has 1 aliphatic heterocycles. The Labute approximate surface area is 124 Å². The molecule has 1 atom stereocenters. The summed E-state index contributed by atoms with van der Waals surface area (Å²) < 4.78 is 1.08. The van der Waals surface area contributed by atoms with Gasteiger partial charge in [0.05, 0.1) is 5.69 Å². The van der Waals surface area contributed by atoms with Crippen LogP contribution in [-0.2, 0) is 0 Å². The van der Waals surface area contributed by atoms with Gasteiger partial charge in [0.2, 0.25) is 0 Å². The zero-order valence-electron chi connectivity index (χ0n) is 12.3. The van der Waals surface area contributed by atoms with Crippen LogP contribution < -0.4 is 10.2 Å². The summed E-state index contributed by atoms with van der Waals surface area (Å²) in [6, 6.07) is 4.78. The third kappa shape index (κ3) is 3.93. The van der Waals surface area contributed by atoms with Gasteiger partial charge >= 0.3 is 0 Å². The Hall–Kier alpha value is -0.610. The lowest BCUT2D eigenvalue weighted by molar-refractivity contribution is 0.404. The van der Waals surface area contributed by atoms with Crippen LogP contribution in [0.3, 0.4) is 0 Å². The maximum Gasteiger partial charge on any atom is 0.129 e. The van der Waals surface area contributed by atoms with Crippen molar-refractivity contribution in [2.45, 2.75) is 52.1 Å². The topological polar surface area (TPSA) is 28.2 Å². The molecule has 2 heterocycles. The number of aromatic nitrogens is 1. The fourth-order valence-corrected chi connectivity index (χ4v) is 2.69. The van der Waals surface area contributed by atoms with Crippen molar-refractivity contribution < 1.29 is 0 Å². The Morgan fingerprint density at radius 2 is 2.16 bits per heavy atom. The van der Waals surface area contributed by atoms with E-state index in [1.54, 1.807) is 0 Å². The minimum Gasteiger partial charge on any atom is -0.352 e. The molecule has 1 aromatic heterocycles. The van der Waals surface area contributed by atoms with Gasteiger partial charge in [-0.2, -0.15) is 0 Å². The molecule has 0 aliphatic carbocycles. The molecular formula is C15H24BrN3. The van der Waals surface area contributed by atoms with Crippen LogP contribution in [0, 0.1) is 6.92 Å². The molecule has 0 aromatic carbocycles. The van der Waals surface area contributed by atoms with E-state index in [-0.39, 0.29) is 5.54 Å². The van der Waals surface area contributed by atoms with Gasteiger partial charge in [0.25, 0.3) is 0 Å². The van der Waals surface area contributed by atoms with Crippen LogP contribution in [0.1, 0.15) is 39.3 Å². The summed E-state index contributed by atoms with van der Waals surface area (Å²) in [5.41, 5.74) is 1.24. The van der Waals surface area contributed by atoms with Crippen molar-refractivity contribution in [2.75, 3.05) is 18.0 Å². The monoisotopic (exact) mass is 325 g/mol. The van der Waals surface area contributed by atoms with E-state index in [0.29, 0.717) is 6.04 Å². The number of anilines is 1. The summed E-state index contributed by atoms with van der Waals surface area (Å²) in [5, 5.41) is 3.61. The van der Waals surface area contributed by atoms with Crippen LogP contribution in [0.2, 0.25) is 0 Å². The lowest BCUT2D eigenvalue weighted by Gasteiger charge is -2.30. The molecule has 19 heavy (non-hydrogen) atoms. The second kappa shape index (κ2) is 5.80. The quantitative estimate of drug-likeness (QED) is 0.921. The second-order valence-corrected chi connectivity index (χ2v) is 7.21. The molecule has 1 saturated heterocycles. The Morgan fingerprint density at radius 3 is 2.79 bits per heavy atom. The van der Waals surface area contributed by atoms with Gasteiger partial charge in [-0.1, -0.05) is 0 Å². The van der Waals surface area contributed by atoms with Crippen LogP contribution in [0.4, 0.5) is 5.82 Å². The van der Waals surface area contributed by atoms with E-state index in [9.17, 15) is 0 Å². The van der Waals surface area contributed by atoms with Crippen molar-refractivity contribution in [3.8, 4) is 0 Å². The molecule has 0 spiro atoms. The normalized spacial score (nSPS) is 20.1. The molecule has 1 fully saturated rings. The fourth-order valence-electron chi connectivity index (χ4n) is 2.46. The van der Waals surface area contributed by atoms with Crippen LogP contribution >= 0.6 is 15.9 Å². The first-order chi connectivity index (χ1) is 8.87. The third-order valence-corrected chi connectivity index (χ3v) is 4.38. The second-order valence-electron chi connectivity index (χ2n) is 6.36. The van der Waals surface area contributed by atoms with Crippen LogP contribution in [-0.4, -0.2) is 29.7 Å². The molecule has 1 N–H and O–H groups in total. The zero-order valence-corrected chi connectivity index (χ0v) is 13.9.